The molecule has 1 aromatic rings. The number of hydrogen-bond donors (Lipinski definition) is 1. The van der Waals surface area contributed by atoms with Gasteiger partial charge in [-0.1, -0.05) is 0 Å². The SMILES string of the molecule is CN(C)CC1CC(O)CN1C(=O)n1ccnc1. The van der Waals surface area contributed by atoms with Crippen LogP contribution in [0.1, 0.15) is 6.42 Å². The Bertz CT molecular complexity index is 377. The lowest BCUT2D eigenvalue weighted by atomic mass is 10.2. The average Bonchev–Trinajstić information content (AvgIpc) is 2.85. The molecule has 1 aliphatic heterocycles. The molecule has 1 saturated heterocycles. The molecule has 0 spiro atoms. The van der Waals surface area contributed by atoms with Crippen LogP contribution in [-0.2, 0) is 0 Å². The maximum Gasteiger partial charge on any atom is 0.329 e. The minimum absolute atomic E-state index is 0.0647. The zero-order valence-corrected chi connectivity index (χ0v) is 10.2. The number of hydrogen-bond acceptors (Lipinski definition) is 4. The van der Waals surface area contributed by atoms with Crippen molar-refractivity contribution in [1.29, 1.82) is 0 Å². The Morgan fingerprint density at radius 3 is 2.94 bits per heavy atom. The molecule has 1 aliphatic rings. The van der Waals surface area contributed by atoms with Crippen LogP contribution in [0.5, 0.6) is 0 Å². The molecule has 1 amide bonds. The Balaban J connectivity index is 2.10. The molecular weight excluding hydrogens is 220 g/mol. The highest BCUT2D eigenvalue weighted by Crippen LogP contribution is 2.19. The van der Waals surface area contributed by atoms with E-state index in [0.717, 1.165) is 6.54 Å². The van der Waals surface area contributed by atoms with Crippen LogP contribution in [0.3, 0.4) is 0 Å². The van der Waals surface area contributed by atoms with E-state index < -0.39 is 6.10 Å². The average molecular weight is 238 g/mol. The first-order chi connectivity index (χ1) is 8.08. The summed E-state index contributed by atoms with van der Waals surface area (Å²) in [5.74, 6) is 0. The van der Waals surface area contributed by atoms with Crippen molar-refractivity contribution in [3.63, 3.8) is 0 Å². The predicted octanol–water partition coefficient (Wildman–Crippen LogP) is -0.152. The number of amides is 1. The summed E-state index contributed by atoms with van der Waals surface area (Å²) in [5, 5.41) is 9.69. The molecule has 0 radical (unpaired) electrons. The smallest absolute Gasteiger partial charge is 0.329 e. The van der Waals surface area contributed by atoms with Crippen molar-refractivity contribution in [1.82, 2.24) is 19.4 Å². The number of nitrogens with zero attached hydrogens (tertiary/aromatic N) is 4. The summed E-state index contributed by atoms with van der Waals surface area (Å²) in [7, 11) is 3.93. The van der Waals surface area contributed by atoms with Gasteiger partial charge in [0.05, 0.1) is 6.10 Å². The summed E-state index contributed by atoms with van der Waals surface area (Å²) >= 11 is 0. The minimum Gasteiger partial charge on any atom is -0.391 e. The molecule has 17 heavy (non-hydrogen) atoms. The lowest BCUT2D eigenvalue weighted by molar-refractivity contribution is 0.168. The van der Waals surface area contributed by atoms with E-state index in [0.29, 0.717) is 13.0 Å². The van der Waals surface area contributed by atoms with Gasteiger partial charge in [0.25, 0.3) is 0 Å². The van der Waals surface area contributed by atoms with Gasteiger partial charge in [0.1, 0.15) is 6.33 Å². The number of aliphatic hydroxyl groups is 1. The van der Waals surface area contributed by atoms with E-state index in [-0.39, 0.29) is 12.1 Å². The molecule has 0 aliphatic carbocycles. The second kappa shape index (κ2) is 4.85. The number of imidazole rings is 1. The number of likely N-dealkylation sites (tertiary alicyclic amines) is 1. The van der Waals surface area contributed by atoms with Gasteiger partial charge in [-0.2, -0.15) is 0 Å². The summed E-state index contributed by atoms with van der Waals surface area (Å²) in [6.07, 6.45) is 4.90. The van der Waals surface area contributed by atoms with Gasteiger partial charge in [-0.25, -0.2) is 9.78 Å². The van der Waals surface area contributed by atoms with Gasteiger partial charge in [0.2, 0.25) is 0 Å². The van der Waals surface area contributed by atoms with E-state index in [9.17, 15) is 9.90 Å². The van der Waals surface area contributed by atoms with Crippen molar-refractivity contribution in [2.75, 3.05) is 27.2 Å². The number of likely N-dealkylation sites (N-methyl/N-ethyl adjacent to an activating group) is 1. The largest absolute Gasteiger partial charge is 0.391 e. The third-order valence-corrected chi connectivity index (χ3v) is 2.94. The molecule has 0 saturated carbocycles. The third kappa shape index (κ3) is 2.65. The summed E-state index contributed by atoms with van der Waals surface area (Å²) < 4.78 is 1.45. The second-order valence-corrected chi connectivity index (χ2v) is 4.71. The molecule has 0 bridgehead atoms. The van der Waals surface area contributed by atoms with Gasteiger partial charge < -0.3 is 14.9 Å². The van der Waals surface area contributed by atoms with Crippen LogP contribution in [0.15, 0.2) is 18.7 Å². The van der Waals surface area contributed by atoms with Crippen molar-refractivity contribution < 1.29 is 9.90 Å². The Morgan fingerprint density at radius 1 is 1.59 bits per heavy atom. The van der Waals surface area contributed by atoms with Crippen LogP contribution in [0.25, 0.3) is 0 Å². The Kier molecular flexibility index (Phi) is 3.44. The highest BCUT2D eigenvalue weighted by atomic mass is 16.3. The maximum absolute atomic E-state index is 12.2. The highest BCUT2D eigenvalue weighted by molar-refractivity contribution is 5.77. The van der Waals surface area contributed by atoms with Crippen LogP contribution >= 0.6 is 0 Å². The maximum atomic E-state index is 12.2. The number of aromatic nitrogens is 2. The minimum atomic E-state index is -0.424. The number of carbonyl (C=O) groups is 1. The quantitative estimate of drug-likeness (QED) is 0.778. The van der Waals surface area contributed by atoms with Crippen LogP contribution in [0.2, 0.25) is 0 Å². The van der Waals surface area contributed by atoms with Gasteiger partial charge in [-0.15, -0.1) is 0 Å². The van der Waals surface area contributed by atoms with Crippen LogP contribution < -0.4 is 0 Å². The molecule has 2 unspecified atom stereocenters. The predicted molar refractivity (Wildman–Crippen MR) is 62.7 cm³/mol. The lowest BCUT2D eigenvalue weighted by Gasteiger charge is -2.26. The fraction of sp³-hybridized carbons (Fsp3) is 0.636. The van der Waals surface area contributed by atoms with E-state index in [1.54, 1.807) is 17.3 Å². The van der Waals surface area contributed by atoms with Crippen LogP contribution in [0.4, 0.5) is 4.79 Å². The van der Waals surface area contributed by atoms with E-state index in [1.807, 2.05) is 19.0 Å². The van der Waals surface area contributed by atoms with Gasteiger partial charge in [0.15, 0.2) is 0 Å². The first-order valence-corrected chi connectivity index (χ1v) is 5.69. The number of rotatable bonds is 2. The topological polar surface area (TPSA) is 61.6 Å². The van der Waals surface area contributed by atoms with E-state index >= 15 is 0 Å². The lowest BCUT2D eigenvalue weighted by Crippen LogP contribution is -2.43. The number of aliphatic hydroxyl groups excluding tert-OH is 1. The van der Waals surface area contributed by atoms with Gasteiger partial charge >= 0.3 is 6.03 Å². The van der Waals surface area contributed by atoms with Crippen LogP contribution in [-0.4, -0.2) is 69.8 Å². The zero-order valence-electron chi connectivity index (χ0n) is 10.2. The van der Waals surface area contributed by atoms with Crippen molar-refractivity contribution in [3.05, 3.63) is 18.7 Å². The molecule has 2 atom stereocenters. The summed E-state index contributed by atoms with van der Waals surface area (Å²) in [6.45, 7) is 1.16. The Labute approximate surface area is 100 Å². The Morgan fingerprint density at radius 2 is 2.35 bits per heavy atom. The highest BCUT2D eigenvalue weighted by Gasteiger charge is 2.34. The fourth-order valence-corrected chi connectivity index (χ4v) is 2.24. The second-order valence-electron chi connectivity index (χ2n) is 4.71. The van der Waals surface area contributed by atoms with Crippen LogP contribution in [0, 0.1) is 0 Å². The molecule has 6 nitrogen and oxygen atoms in total. The molecule has 1 aromatic heterocycles. The molecule has 1 N–H and O–H groups in total. The van der Waals surface area contributed by atoms with Crippen molar-refractivity contribution in [3.8, 4) is 0 Å². The zero-order chi connectivity index (χ0) is 12.4. The van der Waals surface area contributed by atoms with Gasteiger partial charge in [-0.05, 0) is 20.5 Å². The number of β-amino-alcohol motifs (C(OH)–C–C–N with tert-alkyl or cyclic N) is 1. The number of carbonyl (C=O) groups excluding carboxylic acids is 1. The van der Waals surface area contributed by atoms with E-state index in [4.69, 9.17) is 0 Å². The molecule has 2 rings (SSSR count). The molecule has 6 heteroatoms. The van der Waals surface area contributed by atoms with E-state index in [2.05, 4.69) is 4.98 Å². The standard InChI is InChI=1S/C11H18N4O2/c1-13(2)6-9-5-10(16)7-15(9)11(17)14-4-3-12-8-14/h3-4,8-10,16H,5-7H2,1-2H3. The van der Waals surface area contributed by atoms with Gasteiger partial charge in [-0.3, -0.25) is 4.57 Å². The Hall–Kier alpha value is -1.40. The third-order valence-electron chi connectivity index (χ3n) is 2.94. The van der Waals surface area contributed by atoms with Gasteiger partial charge in [0, 0.05) is 31.5 Å². The van der Waals surface area contributed by atoms with Crippen molar-refractivity contribution in [2.45, 2.75) is 18.6 Å². The summed E-state index contributed by atoms with van der Waals surface area (Å²) in [5.41, 5.74) is 0. The molecule has 0 aromatic carbocycles. The summed E-state index contributed by atoms with van der Waals surface area (Å²) in [4.78, 5) is 19.8. The van der Waals surface area contributed by atoms with Crippen molar-refractivity contribution in [2.24, 2.45) is 0 Å². The fourth-order valence-electron chi connectivity index (χ4n) is 2.24. The monoisotopic (exact) mass is 238 g/mol. The van der Waals surface area contributed by atoms with Crippen molar-refractivity contribution >= 4 is 6.03 Å². The first kappa shape index (κ1) is 12.1. The molecule has 1 fully saturated rings. The first-order valence-electron chi connectivity index (χ1n) is 5.69. The van der Waals surface area contributed by atoms with E-state index in [1.165, 1.54) is 10.9 Å². The molecule has 2 heterocycles. The normalized spacial score (nSPS) is 24.6. The molecule has 94 valence electrons. The summed E-state index contributed by atoms with van der Waals surface area (Å²) in [6, 6.07) is -0.0548. The molecular formula is C11H18N4O2.